The molecule has 0 bridgehead atoms. The molecule has 0 aromatic heterocycles. The summed E-state index contributed by atoms with van der Waals surface area (Å²) in [5.74, 6) is -1.03. The van der Waals surface area contributed by atoms with Crippen molar-refractivity contribution in [3.05, 3.63) is 47.6 Å². The minimum atomic E-state index is -4.24. The minimum absolute atomic E-state index is 0.0236. The molecule has 0 aliphatic carbocycles. The fourth-order valence-corrected chi connectivity index (χ4v) is 2.12. The molecule has 0 unspecified atom stereocenters. The highest BCUT2D eigenvalue weighted by molar-refractivity contribution is 5.85. The summed E-state index contributed by atoms with van der Waals surface area (Å²) in [6, 6.07) is 7.01. The molecule has 1 aliphatic rings. The molecule has 21 heavy (non-hydrogen) atoms. The Labute approximate surface area is 120 Å². The Morgan fingerprint density at radius 2 is 1.90 bits per heavy atom. The summed E-state index contributed by atoms with van der Waals surface area (Å²) in [7, 11) is 0. The molecule has 0 spiro atoms. The van der Waals surface area contributed by atoms with Gasteiger partial charge in [0.1, 0.15) is 0 Å². The molecule has 2 rings (SSSR count). The van der Waals surface area contributed by atoms with Gasteiger partial charge in [-0.2, -0.15) is 13.2 Å². The van der Waals surface area contributed by atoms with Crippen LogP contribution in [0.3, 0.4) is 0 Å². The Hall–Kier alpha value is -2.24. The molecule has 0 radical (unpaired) electrons. The molecule has 1 aromatic carbocycles. The summed E-state index contributed by atoms with van der Waals surface area (Å²) in [4.78, 5) is 12.3. The van der Waals surface area contributed by atoms with E-state index in [0.717, 1.165) is 17.3 Å². The number of alkyl halides is 3. The van der Waals surface area contributed by atoms with Crippen LogP contribution >= 0.6 is 0 Å². The van der Waals surface area contributed by atoms with Crippen LogP contribution in [0.5, 0.6) is 0 Å². The first kappa shape index (κ1) is 15.2. The average molecular weight is 297 g/mol. The third-order valence-corrected chi connectivity index (χ3v) is 3.25. The van der Waals surface area contributed by atoms with Gasteiger partial charge in [-0.1, -0.05) is 18.2 Å². The van der Waals surface area contributed by atoms with Gasteiger partial charge in [0.2, 0.25) is 0 Å². The Morgan fingerprint density at radius 3 is 2.38 bits per heavy atom. The zero-order valence-electron chi connectivity index (χ0n) is 11.1. The van der Waals surface area contributed by atoms with Crippen LogP contribution in [0.15, 0.2) is 42.0 Å². The van der Waals surface area contributed by atoms with Crippen LogP contribution in [0.2, 0.25) is 0 Å². The van der Waals surface area contributed by atoms with Crippen molar-refractivity contribution >= 4 is 17.7 Å². The summed E-state index contributed by atoms with van der Waals surface area (Å²) in [5, 5.41) is 8.53. The highest BCUT2D eigenvalue weighted by Gasteiger charge is 2.34. The van der Waals surface area contributed by atoms with E-state index in [9.17, 15) is 18.0 Å². The van der Waals surface area contributed by atoms with E-state index in [2.05, 4.69) is 0 Å². The fraction of sp³-hybridized carbons (Fsp3) is 0.267. The van der Waals surface area contributed by atoms with Crippen molar-refractivity contribution in [2.45, 2.75) is 12.6 Å². The number of anilines is 1. The lowest BCUT2D eigenvalue weighted by Gasteiger charge is -2.29. The van der Waals surface area contributed by atoms with Gasteiger partial charge < -0.3 is 10.0 Å². The van der Waals surface area contributed by atoms with Gasteiger partial charge in [-0.05, 0) is 30.2 Å². The zero-order valence-corrected chi connectivity index (χ0v) is 11.1. The molecule has 1 heterocycles. The lowest BCUT2D eigenvalue weighted by molar-refractivity contribution is -0.131. The number of aliphatic carboxylic acids is 1. The van der Waals surface area contributed by atoms with Crippen molar-refractivity contribution < 1.29 is 23.1 Å². The van der Waals surface area contributed by atoms with Gasteiger partial charge in [0.15, 0.2) is 0 Å². The van der Waals surface area contributed by atoms with Crippen molar-refractivity contribution in [3.8, 4) is 0 Å². The van der Waals surface area contributed by atoms with Crippen LogP contribution in [-0.2, 0) is 4.79 Å². The second-order valence-electron chi connectivity index (χ2n) is 4.69. The zero-order chi connectivity index (χ0) is 15.5. The number of carbonyl (C=O) groups is 1. The molecule has 0 atom stereocenters. The lowest BCUT2D eigenvalue weighted by Crippen LogP contribution is -2.31. The third kappa shape index (κ3) is 4.11. The van der Waals surface area contributed by atoms with Crippen LogP contribution < -0.4 is 4.90 Å². The Balaban J connectivity index is 2.04. The molecule has 1 aromatic rings. The fourth-order valence-electron chi connectivity index (χ4n) is 2.12. The standard InChI is InChI=1S/C15H14F3NO2/c16-15(17,18)12-7-9-19(10-8-12)13-4-1-11(2-5-13)3-6-14(20)21/h1-7H,8-10H2,(H,20,21)/b6-3+. The molecule has 0 amide bonds. The molecule has 1 N–H and O–H groups in total. The number of rotatable bonds is 3. The molecule has 0 saturated heterocycles. The number of benzene rings is 1. The monoisotopic (exact) mass is 297 g/mol. The first-order valence-corrected chi connectivity index (χ1v) is 6.38. The maximum Gasteiger partial charge on any atom is 0.412 e. The van der Waals surface area contributed by atoms with Crippen LogP contribution in [0, 0.1) is 0 Å². The maximum absolute atomic E-state index is 12.5. The number of carboxylic acids is 1. The van der Waals surface area contributed by atoms with Crippen LogP contribution in [0.4, 0.5) is 18.9 Å². The quantitative estimate of drug-likeness (QED) is 0.686. The number of carboxylic acid groups (broad SMARTS) is 1. The topological polar surface area (TPSA) is 40.5 Å². The summed E-state index contributed by atoms with van der Waals surface area (Å²) in [6.07, 6.45) is -0.554. The number of halogens is 3. The predicted octanol–water partition coefficient (Wildman–Crippen LogP) is 3.48. The van der Waals surface area contributed by atoms with E-state index in [4.69, 9.17) is 5.11 Å². The van der Waals surface area contributed by atoms with E-state index in [0.29, 0.717) is 6.54 Å². The SMILES string of the molecule is O=C(O)/C=C/c1ccc(N2CC=C(C(F)(F)F)CC2)cc1. The van der Waals surface area contributed by atoms with Gasteiger partial charge in [0.05, 0.1) is 0 Å². The second kappa shape index (κ2) is 6.03. The Morgan fingerprint density at radius 1 is 1.24 bits per heavy atom. The van der Waals surface area contributed by atoms with E-state index in [-0.39, 0.29) is 13.0 Å². The maximum atomic E-state index is 12.5. The summed E-state index contributed by atoms with van der Waals surface area (Å²) >= 11 is 0. The molecular weight excluding hydrogens is 283 g/mol. The first-order valence-electron chi connectivity index (χ1n) is 6.38. The van der Waals surface area contributed by atoms with Gasteiger partial charge >= 0.3 is 12.1 Å². The molecular formula is C15H14F3NO2. The molecule has 0 fully saturated rings. The van der Waals surface area contributed by atoms with Crippen molar-refractivity contribution in [2.75, 3.05) is 18.0 Å². The van der Waals surface area contributed by atoms with Crippen LogP contribution in [-0.4, -0.2) is 30.3 Å². The Kier molecular flexibility index (Phi) is 4.35. The summed E-state index contributed by atoms with van der Waals surface area (Å²) < 4.78 is 37.6. The predicted molar refractivity (Wildman–Crippen MR) is 74.1 cm³/mol. The first-order chi connectivity index (χ1) is 9.86. The third-order valence-electron chi connectivity index (χ3n) is 3.25. The highest BCUT2D eigenvalue weighted by Crippen LogP contribution is 2.31. The number of hydrogen-bond acceptors (Lipinski definition) is 2. The van der Waals surface area contributed by atoms with Gasteiger partial charge in [0, 0.05) is 30.4 Å². The molecule has 1 aliphatic heterocycles. The average Bonchev–Trinajstić information content (AvgIpc) is 2.45. The van der Waals surface area contributed by atoms with Gasteiger partial charge in [-0.25, -0.2) is 4.79 Å². The van der Waals surface area contributed by atoms with Gasteiger partial charge in [0.25, 0.3) is 0 Å². The molecule has 3 nitrogen and oxygen atoms in total. The van der Waals surface area contributed by atoms with E-state index in [1.54, 1.807) is 24.3 Å². The molecule has 6 heteroatoms. The van der Waals surface area contributed by atoms with Crippen molar-refractivity contribution in [3.63, 3.8) is 0 Å². The number of hydrogen-bond donors (Lipinski definition) is 1. The molecule has 0 saturated carbocycles. The van der Waals surface area contributed by atoms with E-state index < -0.39 is 17.7 Å². The van der Waals surface area contributed by atoms with E-state index in [1.165, 1.54) is 12.2 Å². The van der Waals surface area contributed by atoms with E-state index in [1.807, 2.05) is 4.90 Å². The smallest absolute Gasteiger partial charge is 0.412 e. The largest absolute Gasteiger partial charge is 0.478 e. The van der Waals surface area contributed by atoms with Gasteiger partial charge in [-0.15, -0.1) is 0 Å². The Bertz CT molecular complexity index is 574. The van der Waals surface area contributed by atoms with Crippen LogP contribution in [0.25, 0.3) is 6.08 Å². The van der Waals surface area contributed by atoms with Crippen molar-refractivity contribution in [1.29, 1.82) is 0 Å². The van der Waals surface area contributed by atoms with Gasteiger partial charge in [-0.3, -0.25) is 0 Å². The highest BCUT2D eigenvalue weighted by atomic mass is 19.4. The van der Waals surface area contributed by atoms with Crippen LogP contribution in [0.1, 0.15) is 12.0 Å². The normalized spacial score (nSPS) is 16.1. The lowest BCUT2D eigenvalue weighted by atomic mass is 10.1. The summed E-state index contributed by atoms with van der Waals surface area (Å²) in [6.45, 7) is 0.537. The van der Waals surface area contributed by atoms with E-state index >= 15 is 0 Å². The van der Waals surface area contributed by atoms with Crippen molar-refractivity contribution in [2.24, 2.45) is 0 Å². The summed E-state index contributed by atoms with van der Waals surface area (Å²) in [5.41, 5.74) is 1.07. The number of nitrogens with zero attached hydrogens (tertiary/aromatic N) is 1. The second-order valence-corrected chi connectivity index (χ2v) is 4.69. The molecule has 112 valence electrons. The minimum Gasteiger partial charge on any atom is -0.478 e. The van der Waals surface area contributed by atoms with Crippen molar-refractivity contribution in [1.82, 2.24) is 0 Å².